The Hall–Kier alpha value is -3.95. The molecule has 1 heterocycles. The molecule has 0 saturated heterocycles. The van der Waals surface area contributed by atoms with Crippen molar-refractivity contribution in [3.63, 3.8) is 0 Å². The molecule has 0 unspecified atom stereocenters. The van der Waals surface area contributed by atoms with E-state index in [2.05, 4.69) is 10.3 Å². The lowest BCUT2D eigenvalue weighted by Gasteiger charge is -2.12. The van der Waals surface area contributed by atoms with Crippen molar-refractivity contribution < 1.29 is 23.7 Å². The van der Waals surface area contributed by atoms with Gasteiger partial charge in [0.2, 0.25) is 5.91 Å². The highest BCUT2D eigenvalue weighted by molar-refractivity contribution is 5.81. The highest BCUT2D eigenvalue weighted by Crippen LogP contribution is 2.29. The summed E-state index contributed by atoms with van der Waals surface area (Å²) in [5.74, 6) is 2.01. The second kappa shape index (κ2) is 11.3. The first kappa shape index (κ1) is 24.7. The Morgan fingerprint density at radius 2 is 1.62 bits per heavy atom. The number of nitrogens with zero attached hydrogens (tertiary/aromatic N) is 1. The number of unbranched alkanes of at least 4 members (excludes halogenated alkanes) is 1. The predicted octanol–water partition coefficient (Wildman–Crippen LogP) is 2.21. The molecule has 10 heteroatoms. The van der Waals surface area contributed by atoms with Crippen LogP contribution in [0.4, 0.5) is 0 Å². The number of aromatic nitrogens is 2. The number of rotatable bonds is 11. The lowest BCUT2D eigenvalue weighted by molar-refractivity contribution is -0.121. The first-order valence-electron chi connectivity index (χ1n) is 10.8. The maximum Gasteiger partial charge on any atom is 0.328 e. The van der Waals surface area contributed by atoms with E-state index in [1.165, 1.54) is 14.2 Å². The first-order valence-corrected chi connectivity index (χ1v) is 10.8. The van der Waals surface area contributed by atoms with Gasteiger partial charge < -0.3 is 29.2 Å². The van der Waals surface area contributed by atoms with Gasteiger partial charge in [0.1, 0.15) is 11.5 Å². The monoisotopic (exact) mass is 471 g/mol. The van der Waals surface area contributed by atoms with Crippen molar-refractivity contribution in [1.29, 1.82) is 0 Å². The standard InChI is InChI=1S/C24H29N3O7/c1-31-16-8-9-19(32-2)15(11-16)14-25-22(28)7-5-6-10-27-23(29)17-12-20(33-3)21(34-4)13-18(17)26-24(27)30/h8-9,11-13H,5-7,10,14H2,1-4H3,(H,25,28)(H,26,30). The zero-order valence-electron chi connectivity index (χ0n) is 19.7. The lowest BCUT2D eigenvalue weighted by Crippen LogP contribution is -2.35. The number of carbonyl (C=O) groups excluding carboxylic acids is 1. The smallest absolute Gasteiger partial charge is 0.328 e. The second-order valence-corrected chi connectivity index (χ2v) is 7.55. The molecule has 3 aromatic rings. The normalized spacial score (nSPS) is 10.7. The van der Waals surface area contributed by atoms with Gasteiger partial charge in [-0.05, 0) is 37.1 Å². The Bertz CT molecular complexity index is 1280. The molecule has 0 spiro atoms. The average Bonchev–Trinajstić information content (AvgIpc) is 2.85. The van der Waals surface area contributed by atoms with Crippen LogP contribution >= 0.6 is 0 Å². The summed E-state index contributed by atoms with van der Waals surface area (Å²) in [6, 6.07) is 8.48. The summed E-state index contributed by atoms with van der Waals surface area (Å²) in [6.07, 6.45) is 1.26. The predicted molar refractivity (Wildman–Crippen MR) is 127 cm³/mol. The number of aromatic amines is 1. The van der Waals surface area contributed by atoms with Crippen molar-refractivity contribution in [1.82, 2.24) is 14.9 Å². The topological polar surface area (TPSA) is 121 Å². The summed E-state index contributed by atoms with van der Waals surface area (Å²) in [5.41, 5.74) is 0.237. The second-order valence-electron chi connectivity index (χ2n) is 7.55. The van der Waals surface area contributed by atoms with Gasteiger partial charge in [-0.1, -0.05) is 0 Å². The average molecular weight is 472 g/mol. The van der Waals surface area contributed by atoms with Gasteiger partial charge in [-0.3, -0.25) is 14.2 Å². The molecule has 34 heavy (non-hydrogen) atoms. The van der Waals surface area contributed by atoms with Crippen LogP contribution in [0.15, 0.2) is 39.9 Å². The minimum Gasteiger partial charge on any atom is -0.497 e. The minimum atomic E-state index is -0.515. The van der Waals surface area contributed by atoms with E-state index < -0.39 is 11.2 Å². The van der Waals surface area contributed by atoms with Crippen LogP contribution in [0, 0.1) is 0 Å². The number of benzene rings is 2. The summed E-state index contributed by atoms with van der Waals surface area (Å²) in [5, 5.41) is 3.18. The number of nitrogens with one attached hydrogen (secondary N) is 2. The van der Waals surface area contributed by atoms with E-state index in [9.17, 15) is 14.4 Å². The fourth-order valence-corrected chi connectivity index (χ4v) is 3.64. The molecule has 0 saturated carbocycles. The molecule has 2 N–H and O–H groups in total. The third-order valence-electron chi connectivity index (χ3n) is 5.49. The zero-order chi connectivity index (χ0) is 24.7. The minimum absolute atomic E-state index is 0.138. The van der Waals surface area contributed by atoms with Gasteiger partial charge in [-0.25, -0.2) is 4.79 Å². The molecular weight excluding hydrogens is 442 g/mol. The highest BCUT2D eigenvalue weighted by Gasteiger charge is 2.13. The Morgan fingerprint density at radius 1 is 0.912 bits per heavy atom. The van der Waals surface area contributed by atoms with Crippen LogP contribution in [0.1, 0.15) is 24.8 Å². The molecule has 1 amide bonds. The van der Waals surface area contributed by atoms with Gasteiger partial charge in [0.25, 0.3) is 5.56 Å². The maximum atomic E-state index is 12.9. The first-order chi connectivity index (χ1) is 16.4. The molecule has 10 nitrogen and oxygen atoms in total. The van der Waals surface area contributed by atoms with Gasteiger partial charge in [-0.2, -0.15) is 0 Å². The maximum absolute atomic E-state index is 12.9. The molecule has 0 bridgehead atoms. The third kappa shape index (κ3) is 5.51. The highest BCUT2D eigenvalue weighted by atomic mass is 16.5. The van der Waals surface area contributed by atoms with Crippen molar-refractivity contribution in [3.8, 4) is 23.0 Å². The molecule has 0 aliphatic carbocycles. The molecule has 1 aromatic heterocycles. The largest absolute Gasteiger partial charge is 0.497 e. The van der Waals surface area contributed by atoms with E-state index in [1.807, 2.05) is 6.07 Å². The number of methoxy groups -OCH3 is 4. The van der Waals surface area contributed by atoms with Crippen LogP contribution in [-0.2, 0) is 17.9 Å². The van der Waals surface area contributed by atoms with E-state index in [4.69, 9.17) is 18.9 Å². The van der Waals surface area contributed by atoms with Crippen molar-refractivity contribution >= 4 is 16.8 Å². The number of fused-ring (bicyclic) bond motifs is 1. The summed E-state index contributed by atoms with van der Waals surface area (Å²) < 4.78 is 22.1. The van der Waals surface area contributed by atoms with Gasteiger partial charge >= 0.3 is 5.69 Å². The molecular formula is C24H29N3O7. The number of hydrogen-bond donors (Lipinski definition) is 2. The van der Waals surface area contributed by atoms with Crippen molar-refractivity contribution in [2.24, 2.45) is 0 Å². The summed E-state index contributed by atoms with van der Waals surface area (Å²) in [4.78, 5) is 40.3. The van der Waals surface area contributed by atoms with Crippen LogP contribution < -0.4 is 35.5 Å². The third-order valence-corrected chi connectivity index (χ3v) is 5.49. The lowest BCUT2D eigenvalue weighted by atomic mass is 10.1. The number of H-pyrrole nitrogens is 1. The van der Waals surface area contributed by atoms with E-state index in [-0.39, 0.29) is 18.9 Å². The molecule has 182 valence electrons. The molecule has 0 aliphatic heterocycles. The van der Waals surface area contributed by atoms with Crippen LogP contribution in [0.3, 0.4) is 0 Å². The zero-order valence-corrected chi connectivity index (χ0v) is 19.7. The number of hydrogen-bond acceptors (Lipinski definition) is 7. The van der Waals surface area contributed by atoms with Crippen LogP contribution in [0.25, 0.3) is 10.9 Å². The SMILES string of the molecule is COc1ccc(OC)c(CNC(=O)CCCCn2c(=O)[nH]c3cc(OC)c(OC)cc3c2=O)c1. The van der Waals surface area contributed by atoms with Crippen LogP contribution in [-0.4, -0.2) is 43.9 Å². The summed E-state index contributed by atoms with van der Waals surface area (Å²) >= 11 is 0. The summed E-state index contributed by atoms with van der Waals surface area (Å²) in [6.45, 7) is 0.490. The Balaban J connectivity index is 1.59. The van der Waals surface area contributed by atoms with Gasteiger partial charge in [0, 0.05) is 31.1 Å². The number of ether oxygens (including phenoxy) is 4. The Labute approximate surface area is 196 Å². The van der Waals surface area contributed by atoms with E-state index in [0.29, 0.717) is 53.3 Å². The molecule has 0 fully saturated rings. The van der Waals surface area contributed by atoms with Crippen molar-refractivity contribution in [2.45, 2.75) is 32.4 Å². The number of carbonyl (C=O) groups is 1. The number of amides is 1. The molecule has 0 atom stereocenters. The van der Waals surface area contributed by atoms with Crippen molar-refractivity contribution in [2.75, 3.05) is 28.4 Å². The van der Waals surface area contributed by atoms with E-state index >= 15 is 0 Å². The van der Waals surface area contributed by atoms with Crippen LogP contribution in [0.5, 0.6) is 23.0 Å². The Morgan fingerprint density at radius 3 is 2.29 bits per heavy atom. The fraction of sp³-hybridized carbons (Fsp3) is 0.375. The Kier molecular flexibility index (Phi) is 8.18. The van der Waals surface area contributed by atoms with Crippen molar-refractivity contribution in [3.05, 3.63) is 56.7 Å². The van der Waals surface area contributed by atoms with E-state index in [1.54, 1.807) is 38.5 Å². The summed E-state index contributed by atoms with van der Waals surface area (Å²) in [7, 11) is 6.09. The van der Waals surface area contributed by atoms with Gasteiger partial charge in [0.15, 0.2) is 11.5 Å². The fourth-order valence-electron chi connectivity index (χ4n) is 3.64. The van der Waals surface area contributed by atoms with E-state index in [0.717, 1.165) is 10.1 Å². The molecule has 3 rings (SSSR count). The molecule has 2 aromatic carbocycles. The quantitative estimate of drug-likeness (QED) is 0.411. The van der Waals surface area contributed by atoms with Gasteiger partial charge in [0.05, 0.1) is 39.3 Å². The van der Waals surface area contributed by atoms with Gasteiger partial charge in [-0.15, -0.1) is 0 Å². The molecule has 0 radical (unpaired) electrons. The van der Waals surface area contributed by atoms with Crippen LogP contribution in [0.2, 0.25) is 0 Å². The molecule has 0 aliphatic rings.